The van der Waals surface area contributed by atoms with Crippen molar-refractivity contribution in [2.75, 3.05) is 4.90 Å². The van der Waals surface area contributed by atoms with Crippen LogP contribution in [0.25, 0.3) is 56.1 Å². The van der Waals surface area contributed by atoms with Gasteiger partial charge in [-0.3, -0.25) is 0 Å². The first-order chi connectivity index (χ1) is 28.3. The summed E-state index contributed by atoms with van der Waals surface area (Å²) in [5.74, 6) is 2.94. The average molecular weight is 733 g/mol. The molecule has 0 saturated heterocycles. The minimum Gasteiger partial charge on any atom is -0.309 e. The van der Waals surface area contributed by atoms with Gasteiger partial charge in [-0.25, -0.2) is 15.0 Å². The van der Waals surface area contributed by atoms with Gasteiger partial charge < -0.3 is 4.90 Å². The molecule has 4 heteroatoms. The van der Waals surface area contributed by atoms with Crippen LogP contribution in [-0.2, 0) is 0 Å². The molecule has 0 bridgehead atoms. The molecule has 4 nitrogen and oxygen atoms in total. The van der Waals surface area contributed by atoms with Gasteiger partial charge in [0.15, 0.2) is 17.5 Å². The fraction of sp³-hybridized carbons (Fsp3) is 0.0755. The molecule has 3 aliphatic carbocycles. The Morgan fingerprint density at radius 2 is 1.12 bits per heavy atom. The highest BCUT2D eigenvalue weighted by Crippen LogP contribution is 2.46. The van der Waals surface area contributed by atoms with E-state index in [-0.39, 0.29) is 5.92 Å². The highest BCUT2D eigenvalue weighted by molar-refractivity contribution is 5.88. The molecule has 0 aliphatic heterocycles. The van der Waals surface area contributed by atoms with Crippen LogP contribution in [0.1, 0.15) is 6.42 Å². The van der Waals surface area contributed by atoms with Crippen molar-refractivity contribution in [3.63, 3.8) is 0 Å². The molecule has 3 unspecified atom stereocenters. The summed E-state index contributed by atoms with van der Waals surface area (Å²) in [5, 5.41) is 2.46. The molecule has 6 aromatic carbocycles. The van der Waals surface area contributed by atoms with Crippen LogP contribution in [0.5, 0.6) is 0 Å². The van der Waals surface area contributed by atoms with E-state index in [0.717, 1.165) is 45.7 Å². The first kappa shape index (κ1) is 34.3. The smallest absolute Gasteiger partial charge is 0.166 e. The summed E-state index contributed by atoms with van der Waals surface area (Å²) in [6, 6.07) is 53.0. The lowest BCUT2D eigenvalue weighted by Crippen LogP contribution is -2.29. The summed E-state index contributed by atoms with van der Waals surface area (Å²) in [4.78, 5) is 17.9. The van der Waals surface area contributed by atoms with Gasteiger partial charge in [0, 0.05) is 34.0 Å². The van der Waals surface area contributed by atoms with E-state index in [1.165, 1.54) is 21.9 Å². The molecule has 0 N–H and O–H groups in total. The highest BCUT2D eigenvalue weighted by Gasteiger charge is 2.34. The second-order valence-corrected chi connectivity index (χ2v) is 14.8. The summed E-state index contributed by atoms with van der Waals surface area (Å²) in [7, 11) is 0. The molecule has 7 aromatic rings. The Bertz CT molecular complexity index is 2770. The van der Waals surface area contributed by atoms with E-state index in [9.17, 15) is 0 Å². The van der Waals surface area contributed by atoms with Gasteiger partial charge in [-0.1, -0.05) is 176 Å². The SMILES string of the molecule is C1=CCC(C2C=CC(N(c3ccccc3)c3ccccc3-c3nc(-c4ccccc4)nc(-c4ccc(-c5ccc6ccccc6c5)cc4)n3)=C3C=CC=CC32)C=C1. The third kappa shape index (κ3) is 6.76. The fourth-order valence-corrected chi connectivity index (χ4v) is 8.43. The van der Waals surface area contributed by atoms with Crippen molar-refractivity contribution < 1.29 is 0 Å². The molecule has 1 heterocycles. The zero-order valence-corrected chi connectivity index (χ0v) is 31.4. The number of para-hydroxylation sites is 2. The Hall–Kier alpha value is -7.17. The van der Waals surface area contributed by atoms with Gasteiger partial charge in [-0.2, -0.15) is 0 Å². The Balaban J connectivity index is 1.10. The maximum Gasteiger partial charge on any atom is 0.166 e. The molecule has 3 atom stereocenters. The lowest BCUT2D eigenvalue weighted by Gasteiger charge is -2.38. The van der Waals surface area contributed by atoms with E-state index < -0.39 is 0 Å². The monoisotopic (exact) mass is 732 g/mol. The third-order valence-corrected chi connectivity index (χ3v) is 11.3. The number of allylic oxidation sites excluding steroid dienone is 11. The molecule has 0 saturated carbocycles. The van der Waals surface area contributed by atoms with Gasteiger partial charge in [-0.15, -0.1) is 0 Å². The quantitative estimate of drug-likeness (QED) is 0.156. The summed E-state index contributed by atoms with van der Waals surface area (Å²) in [6.45, 7) is 0. The van der Waals surface area contributed by atoms with Crippen LogP contribution in [0.2, 0.25) is 0 Å². The molecule has 0 radical (unpaired) electrons. The van der Waals surface area contributed by atoms with Crippen molar-refractivity contribution in [2.45, 2.75) is 6.42 Å². The maximum atomic E-state index is 5.26. The average Bonchev–Trinajstić information content (AvgIpc) is 3.30. The Kier molecular flexibility index (Phi) is 9.13. The van der Waals surface area contributed by atoms with Gasteiger partial charge in [0.1, 0.15) is 0 Å². The highest BCUT2D eigenvalue weighted by atomic mass is 15.2. The predicted octanol–water partition coefficient (Wildman–Crippen LogP) is 13.1. The Morgan fingerprint density at radius 3 is 1.91 bits per heavy atom. The van der Waals surface area contributed by atoms with Gasteiger partial charge in [-0.05, 0) is 82.1 Å². The molecular weight excluding hydrogens is 693 g/mol. The first-order valence-corrected chi connectivity index (χ1v) is 19.7. The number of rotatable bonds is 8. The summed E-state index contributed by atoms with van der Waals surface area (Å²) in [6.07, 6.45) is 23.9. The Morgan fingerprint density at radius 1 is 0.474 bits per heavy atom. The maximum absolute atomic E-state index is 5.26. The van der Waals surface area contributed by atoms with Crippen LogP contribution in [0.4, 0.5) is 11.4 Å². The molecule has 272 valence electrons. The molecule has 0 fully saturated rings. The van der Waals surface area contributed by atoms with Crippen LogP contribution in [-0.4, -0.2) is 15.0 Å². The van der Waals surface area contributed by atoms with Crippen LogP contribution in [0.15, 0.2) is 224 Å². The van der Waals surface area contributed by atoms with E-state index in [0.29, 0.717) is 29.3 Å². The molecular formula is C53H40N4. The van der Waals surface area contributed by atoms with Gasteiger partial charge in [0.25, 0.3) is 0 Å². The van der Waals surface area contributed by atoms with E-state index in [4.69, 9.17) is 15.0 Å². The third-order valence-electron chi connectivity index (χ3n) is 11.3. The van der Waals surface area contributed by atoms with Gasteiger partial charge in [0.05, 0.1) is 5.69 Å². The van der Waals surface area contributed by atoms with Crippen LogP contribution in [0.3, 0.4) is 0 Å². The topological polar surface area (TPSA) is 41.9 Å². The lowest BCUT2D eigenvalue weighted by atomic mass is 9.71. The molecule has 3 aliphatic rings. The van der Waals surface area contributed by atoms with Crippen molar-refractivity contribution >= 4 is 22.1 Å². The zero-order chi connectivity index (χ0) is 38.0. The van der Waals surface area contributed by atoms with Crippen LogP contribution >= 0.6 is 0 Å². The number of fused-ring (bicyclic) bond motifs is 2. The summed E-state index contributed by atoms with van der Waals surface area (Å²) in [5.41, 5.74) is 9.62. The summed E-state index contributed by atoms with van der Waals surface area (Å²) < 4.78 is 0. The Labute approximate surface area is 334 Å². The standard InChI is InChI=1S/C53H40N4/c1-4-17-39(18-5-1)45-34-35-50(47-25-13-12-24-46(45)47)57(44-22-8-3-9-23-44)49-27-15-14-26-48(49)53-55-51(40-19-6-2-7-20-40)54-52(56-53)41-31-28-38(29-32-41)43-33-30-37-16-10-11-21-42(37)36-43/h1-17,19-36,39,45-46H,18H2. The first-order valence-electron chi connectivity index (χ1n) is 19.7. The van der Waals surface area contributed by atoms with Crippen LogP contribution < -0.4 is 4.90 Å². The second kappa shape index (κ2) is 15.2. The fourth-order valence-electron chi connectivity index (χ4n) is 8.43. The minimum atomic E-state index is 0.251. The van der Waals surface area contributed by atoms with Gasteiger partial charge >= 0.3 is 0 Å². The second-order valence-electron chi connectivity index (χ2n) is 14.8. The van der Waals surface area contributed by atoms with Crippen molar-refractivity contribution in [3.8, 4) is 45.3 Å². The molecule has 0 spiro atoms. The van der Waals surface area contributed by atoms with E-state index in [2.05, 4.69) is 199 Å². The largest absolute Gasteiger partial charge is 0.309 e. The number of hydrogen-bond acceptors (Lipinski definition) is 4. The minimum absolute atomic E-state index is 0.251. The lowest BCUT2D eigenvalue weighted by molar-refractivity contribution is 0.404. The number of nitrogens with zero attached hydrogens (tertiary/aromatic N) is 4. The number of anilines is 2. The number of benzene rings is 6. The molecule has 57 heavy (non-hydrogen) atoms. The molecule has 0 amide bonds. The zero-order valence-electron chi connectivity index (χ0n) is 31.4. The number of hydrogen-bond donors (Lipinski definition) is 0. The van der Waals surface area contributed by atoms with Crippen molar-refractivity contribution in [1.29, 1.82) is 0 Å². The van der Waals surface area contributed by atoms with Crippen molar-refractivity contribution in [3.05, 3.63) is 224 Å². The van der Waals surface area contributed by atoms with E-state index in [1.807, 2.05) is 18.2 Å². The van der Waals surface area contributed by atoms with Crippen molar-refractivity contribution in [2.24, 2.45) is 17.8 Å². The van der Waals surface area contributed by atoms with Crippen LogP contribution in [0, 0.1) is 17.8 Å². The predicted molar refractivity (Wildman–Crippen MR) is 235 cm³/mol. The normalized spacial score (nSPS) is 18.2. The molecule has 1 aromatic heterocycles. The van der Waals surface area contributed by atoms with Gasteiger partial charge in [0.2, 0.25) is 0 Å². The van der Waals surface area contributed by atoms with Crippen molar-refractivity contribution in [1.82, 2.24) is 15.0 Å². The van der Waals surface area contributed by atoms with E-state index in [1.54, 1.807) is 0 Å². The van der Waals surface area contributed by atoms with E-state index >= 15 is 0 Å². The number of aromatic nitrogens is 3. The molecule has 10 rings (SSSR count). The summed E-state index contributed by atoms with van der Waals surface area (Å²) >= 11 is 0.